The maximum atomic E-state index is 10.3. The first kappa shape index (κ1) is 13.4. The third-order valence-electron chi connectivity index (χ3n) is 4.02. The van der Waals surface area contributed by atoms with Crippen LogP contribution in [0, 0.1) is 11.3 Å². The van der Waals surface area contributed by atoms with Crippen molar-refractivity contribution in [2.45, 2.75) is 13.3 Å². The summed E-state index contributed by atoms with van der Waals surface area (Å²) in [5.74, 6) is 0.102. The van der Waals surface area contributed by atoms with Crippen LogP contribution < -0.4 is 0 Å². The number of nitrogens with zero attached hydrogens (tertiary/aromatic N) is 2. The highest BCUT2D eigenvalue weighted by molar-refractivity contribution is 5.89. The number of benzene rings is 2. The maximum Gasteiger partial charge on any atom is 0.174 e. The van der Waals surface area contributed by atoms with Crippen LogP contribution in [-0.4, -0.2) is 29.0 Å². The first-order chi connectivity index (χ1) is 10.2. The third-order valence-corrected chi connectivity index (χ3v) is 4.02. The van der Waals surface area contributed by atoms with Crippen LogP contribution in [0.2, 0.25) is 0 Å². The van der Waals surface area contributed by atoms with Crippen molar-refractivity contribution in [2.75, 3.05) is 13.1 Å². The minimum atomic E-state index is 0.102. The lowest BCUT2D eigenvalue weighted by molar-refractivity contribution is -0.520. The number of nitriles is 1. The van der Waals surface area contributed by atoms with Gasteiger partial charge in [-0.3, -0.25) is 0 Å². The van der Waals surface area contributed by atoms with Crippen LogP contribution in [-0.2, 0) is 6.42 Å². The van der Waals surface area contributed by atoms with E-state index in [-0.39, 0.29) is 5.75 Å². The second kappa shape index (κ2) is 5.41. The first-order valence-corrected chi connectivity index (χ1v) is 7.18. The molecule has 3 nitrogen and oxygen atoms in total. The summed E-state index contributed by atoms with van der Waals surface area (Å²) in [6, 6.07) is 13.9. The van der Waals surface area contributed by atoms with E-state index in [1.807, 2.05) is 36.5 Å². The van der Waals surface area contributed by atoms with Crippen molar-refractivity contribution in [3.63, 3.8) is 0 Å². The molecule has 3 heteroatoms. The molecule has 21 heavy (non-hydrogen) atoms. The number of hydrogen-bond acceptors (Lipinski definition) is 2. The molecule has 0 atom stereocenters. The number of likely N-dealkylation sites (N-methyl/N-ethyl adjacent to an activating group) is 1. The van der Waals surface area contributed by atoms with Crippen LogP contribution in [0.15, 0.2) is 36.4 Å². The fourth-order valence-electron chi connectivity index (χ4n) is 2.85. The topological polar surface area (TPSA) is 47.0 Å². The van der Waals surface area contributed by atoms with E-state index < -0.39 is 0 Å². The Hall–Kier alpha value is -2.60. The van der Waals surface area contributed by atoms with E-state index in [9.17, 15) is 10.4 Å². The predicted octanol–water partition coefficient (Wildman–Crippen LogP) is 2.94. The highest BCUT2D eigenvalue weighted by atomic mass is 16.3. The molecule has 0 unspecified atom stereocenters. The molecule has 0 saturated carbocycles. The lowest BCUT2D eigenvalue weighted by Gasteiger charge is -2.18. The van der Waals surface area contributed by atoms with Gasteiger partial charge in [-0.1, -0.05) is 30.3 Å². The SMILES string of the molecule is CC[N+]1=Cc2c(O)c(C#N)cc(-c3ccccc3)c2CC1. The number of aromatic hydroxyl groups is 1. The molecule has 1 aliphatic rings. The van der Waals surface area contributed by atoms with Crippen LogP contribution in [0.25, 0.3) is 11.1 Å². The number of phenols is 1. The lowest BCUT2D eigenvalue weighted by atomic mass is 9.89. The highest BCUT2D eigenvalue weighted by Gasteiger charge is 2.24. The summed E-state index contributed by atoms with van der Waals surface area (Å²) < 4.78 is 2.16. The summed E-state index contributed by atoms with van der Waals surface area (Å²) in [6.45, 7) is 3.93. The van der Waals surface area contributed by atoms with Crippen molar-refractivity contribution in [1.82, 2.24) is 0 Å². The summed E-state index contributed by atoms with van der Waals surface area (Å²) >= 11 is 0. The molecule has 1 aliphatic heterocycles. The molecule has 0 fully saturated rings. The van der Waals surface area contributed by atoms with Gasteiger partial charge in [0, 0.05) is 6.42 Å². The largest absolute Gasteiger partial charge is 0.506 e. The molecule has 0 bridgehead atoms. The first-order valence-electron chi connectivity index (χ1n) is 7.18. The Morgan fingerprint density at radius 3 is 2.71 bits per heavy atom. The summed E-state index contributed by atoms with van der Waals surface area (Å²) in [5, 5.41) is 19.6. The van der Waals surface area contributed by atoms with Gasteiger partial charge in [-0.15, -0.1) is 0 Å². The van der Waals surface area contributed by atoms with Gasteiger partial charge in [0.1, 0.15) is 24.9 Å². The summed E-state index contributed by atoms with van der Waals surface area (Å²) in [6.07, 6.45) is 2.85. The Kier molecular flexibility index (Phi) is 3.45. The molecule has 1 heterocycles. The van der Waals surface area contributed by atoms with Crippen LogP contribution in [0.4, 0.5) is 0 Å². The summed E-state index contributed by atoms with van der Waals surface area (Å²) in [7, 11) is 0. The molecular weight excluding hydrogens is 260 g/mol. The highest BCUT2D eigenvalue weighted by Crippen LogP contribution is 2.35. The molecule has 0 aromatic heterocycles. The number of phenolic OH excluding ortho intramolecular Hbond substituents is 1. The minimum Gasteiger partial charge on any atom is -0.506 e. The zero-order valence-electron chi connectivity index (χ0n) is 12.0. The summed E-state index contributed by atoms with van der Waals surface area (Å²) in [5.41, 5.74) is 4.39. The second-order valence-corrected chi connectivity index (χ2v) is 5.20. The van der Waals surface area contributed by atoms with Gasteiger partial charge in [-0.2, -0.15) is 5.26 Å². The van der Waals surface area contributed by atoms with Gasteiger partial charge in [0.05, 0.1) is 11.1 Å². The Balaban J connectivity index is 2.29. The molecule has 0 radical (unpaired) electrons. The molecule has 0 aliphatic carbocycles. The molecule has 0 spiro atoms. The van der Waals surface area contributed by atoms with Crippen molar-refractivity contribution < 1.29 is 9.68 Å². The Labute approximate surface area is 124 Å². The fraction of sp³-hybridized carbons (Fsp3) is 0.222. The molecular formula is C18H17N2O+. The van der Waals surface area contributed by atoms with E-state index in [2.05, 4.69) is 17.6 Å². The standard InChI is InChI=1S/C18H16N2O/c1-2-20-9-8-15-16(13-6-4-3-5-7-13)10-14(11-19)18(21)17(15)12-20/h3-7,10,12H,2,8-9H2,1H3/p+1. The molecule has 0 saturated heterocycles. The van der Waals surface area contributed by atoms with Gasteiger partial charge in [-0.25, -0.2) is 4.58 Å². The van der Waals surface area contributed by atoms with Crippen molar-refractivity contribution in [3.05, 3.63) is 53.1 Å². The van der Waals surface area contributed by atoms with Gasteiger partial charge in [0.15, 0.2) is 6.21 Å². The zero-order chi connectivity index (χ0) is 14.8. The summed E-state index contributed by atoms with van der Waals surface area (Å²) in [4.78, 5) is 0. The van der Waals surface area contributed by atoms with E-state index in [4.69, 9.17) is 0 Å². The molecule has 3 rings (SSSR count). The molecule has 0 amide bonds. The maximum absolute atomic E-state index is 10.3. The van der Waals surface area contributed by atoms with Crippen LogP contribution in [0.3, 0.4) is 0 Å². The normalized spacial score (nSPS) is 13.2. The van der Waals surface area contributed by atoms with Crippen molar-refractivity contribution in [3.8, 4) is 22.9 Å². The minimum absolute atomic E-state index is 0.102. The van der Waals surface area contributed by atoms with E-state index >= 15 is 0 Å². The van der Waals surface area contributed by atoms with E-state index in [0.717, 1.165) is 41.8 Å². The number of hydrogen-bond donors (Lipinski definition) is 1. The average molecular weight is 277 g/mol. The van der Waals surface area contributed by atoms with Crippen LogP contribution in [0.1, 0.15) is 23.6 Å². The molecule has 2 aromatic carbocycles. The Morgan fingerprint density at radius 2 is 2.05 bits per heavy atom. The Bertz CT molecular complexity index is 755. The fourth-order valence-corrected chi connectivity index (χ4v) is 2.85. The second-order valence-electron chi connectivity index (χ2n) is 5.20. The third kappa shape index (κ3) is 2.30. The smallest absolute Gasteiger partial charge is 0.174 e. The molecule has 1 N–H and O–H groups in total. The number of fused-ring (bicyclic) bond motifs is 1. The van der Waals surface area contributed by atoms with E-state index in [1.54, 1.807) is 6.07 Å². The van der Waals surface area contributed by atoms with E-state index in [0.29, 0.717) is 5.56 Å². The van der Waals surface area contributed by atoms with Crippen molar-refractivity contribution in [2.24, 2.45) is 0 Å². The van der Waals surface area contributed by atoms with Gasteiger partial charge < -0.3 is 5.11 Å². The van der Waals surface area contributed by atoms with Crippen LogP contribution in [0.5, 0.6) is 5.75 Å². The lowest BCUT2D eigenvalue weighted by Crippen LogP contribution is -2.23. The van der Waals surface area contributed by atoms with Gasteiger partial charge in [-0.05, 0) is 29.7 Å². The predicted molar refractivity (Wildman–Crippen MR) is 82.8 cm³/mol. The Morgan fingerprint density at radius 1 is 1.29 bits per heavy atom. The van der Waals surface area contributed by atoms with Gasteiger partial charge in [0.2, 0.25) is 0 Å². The van der Waals surface area contributed by atoms with Crippen molar-refractivity contribution in [1.29, 1.82) is 5.26 Å². The molecule has 104 valence electrons. The molecule has 2 aromatic rings. The monoisotopic (exact) mass is 277 g/mol. The van der Waals surface area contributed by atoms with Crippen LogP contribution >= 0.6 is 0 Å². The van der Waals surface area contributed by atoms with Gasteiger partial charge in [0.25, 0.3) is 0 Å². The van der Waals surface area contributed by atoms with E-state index in [1.165, 1.54) is 0 Å². The number of rotatable bonds is 2. The quantitative estimate of drug-likeness (QED) is 0.858. The zero-order valence-corrected chi connectivity index (χ0v) is 12.0. The average Bonchev–Trinajstić information content (AvgIpc) is 2.56. The van der Waals surface area contributed by atoms with Gasteiger partial charge >= 0.3 is 0 Å². The van der Waals surface area contributed by atoms with Crippen molar-refractivity contribution >= 4 is 6.21 Å².